The van der Waals surface area contributed by atoms with Crippen molar-refractivity contribution in [2.24, 2.45) is 0 Å². The smallest absolute Gasteiger partial charge is 0.240 e. The van der Waals surface area contributed by atoms with Crippen LogP contribution in [0.4, 0.5) is 0 Å². The maximum Gasteiger partial charge on any atom is 0.240 e. The first-order valence-corrected chi connectivity index (χ1v) is 10.2. The Hall–Kier alpha value is -2.16. The van der Waals surface area contributed by atoms with Crippen LogP contribution in [0.25, 0.3) is 0 Å². The second kappa shape index (κ2) is 9.16. The molecule has 1 aromatic carbocycles. The van der Waals surface area contributed by atoms with Gasteiger partial charge in [0.25, 0.3) is 0 Å². The van der Waals surface area contributed by atoms with Gasteiger partial charge in [-0.2, -0.15) is 0 Å². The molecule has 1 heterocycles. The zero-order valence-electron chi connectivity index (χ0n) is 16.2. The molecule has 7 nitrogen and oxygen atoms in total. The average Bonchev–Trinajstić information content (AvgIpc) is 3.11. The van der Waals surface area contributed by atoms with Crippen molar-refractivity contribution in [3.05, 3.63) is 53.5 Å². The number of nitrogens with zero attached hydrogens (tertiary/aromatic N) is 1. The van der Waals surface area contributed by atoms with Crippen molar-refractivity contribution in [3.63, 3.8) is 0 Å². The molecule has 148 valence electrons. The molecule has 0 saturated carbocycles. The van der Waals surface area contributed by atoms with E-state index in [0.29, 0.717) is 12.1 Å². The highest BCUT2D eigenvalue weighted by atomic mass is 32.2. The van der Waals surface area contributed by atoms with Crippen molar-refractivity contribution >= 4 is 15.9 Å². The summed E-state index contributed by atoms with van der Waals surface area (Å²) in [5.41, 5.74) is 1.54. The summed E-state index contributed by atoms with van der Waals surface area (Å²) in [6, 6.07) is 8.83. The van der Waals surface area contributed by atoms with Crippen LogP contribution in [-0.2, 0) is 14.8 Å². The molecular weight excluding hydrogens is 366 g/mol. The number of carbonyl (C=O) groups excluding carboxylic acids is 1. The number of hydrogen-bond acceptors (Lipinski definition) is 5. The van der Waals surface area contributed by atoms with Gasteiger partial charge in [0.2, 0.25) is 15.9 Å². The van der Waals surface area contributed by atoms with E-state index in [4.69, 9.17) is 4.42 Å². The van der Waals surface area contributed by atoms with E-state index in [2.05, 4.69) is 10.0 Å². The lowest BCUT2D eigenvalue weighted by atomic mass is 10.2. The van der Waals surface area contributed by atoms with Crippen molar-refractivity contribution < 1.29 is 17.6 Å². The summed E-state index contributed by atoms with van der Waals surface area (Å²) >= 11 is 0. The molecule has 2 aromatic rings. The molecule has 2 N–H and O–H groups in total. The number of aryl methyl sites for hydroxylation is 2. The molecule has 0 saturated heterocycles. The number of hydrogen-bond donors (Lipinski definition) is 2. The molecule has 1 aromatic heterocycles. The highest BCUT2D eigenvalue weighted by Crippen LogP contribution is 2.18. The number of amides is 1. The summed E-state index contributed by atoms with van der Waals surface area (Å²) in [6.45, 7) is 4.00. The van der Waals surface area contributed by atoms with Gasteiger partial charge in [0.1, 0.15) is 5.76 Å². The van der Waals surface area contributed by atoms with Crippen molar-refractivity contribution in [3.8, 4) is 0 Å². The van der Waals surface area contributed by atoms with Gasteiger partial charge < -0.3 is 9.73 Å². The summed E-state index contributed by atoms with van der Waals surface area (Å²) in [4.78, 5) is 14.3. The first kappa shape index (κ1) is 21.1. The van der Waals surface area contributed by atoms with Crippen LogP contribution in [0.1, 0.15) is 29.3 Å². The van der Waals surface area contributed by atoms with E-state index >= 15 is 0 Å². The normalized spacial score (nSPS) is 12.9. The Labute approximate surface area is 160 Å². The summed E-state index contributed by atoms with van der Waals surface area (Å²) in [5, 5.41) is 2.82. The molecule has 27 heavy (non-hydrogen) atoms. The van der Waals surface area contributed by atoms with Crippen LogP contribution >= 0.6 is 0 Å². The molecule has 8 heteroatoms. The maximum absolute atomic E-state index is 12.4. The third-order valence-corrected chi connectivity index (χ3v) is 5.87. The molecule has 1 atom stereocenters. The van der Waals surface area contributed by atoms with Gasteiger partial charge in [-0.05, 0) is 57.3 Å². The highest BCUT2D eigenvalue weighted by molar-refractivity contribution is 7.89. The number of benzene rings is 1. The largest absolute Gasteiger partial charge is 0.468 e. The Balaban J connectivity index is 1.86. The SMILES string of the molecule is Cc1ccc(C)c(S(=O)(=O)NCCC(=O)NCC(c2ccco2)N(C)C)c1. The highest BCUT2D eigenvalue weighted by Gasteiger charge is 2.19. The van der Waals surface area contributed by atoms with Crippen molar-refractivity contribution in [2.45, 2.75) is 31.2 Å². The molecule has 0 fully saturated rings. The first-order valence-electron chi connectivity index (χ1n) is 8.74. The predicted molar refractivity (Wildman–Crippen MR) is 104 cm³/mol. The molecule has 0 spiro atoms. The molecule has 0 radical (unpaired) electrons. The van der Waals surface area contributed by atoms with Gasteiger partial charge in [-0.3, -0.25) is 9.69 Å². The van der Waals surface area contributed by atoms with E-state index in [1.165, 1.54) is 0 Å². The topological polar surface area (TPSA) is 91.6 Å². The summed E-state index contributed by atoms with van der Waals surface area (Å²) < 4.78 is 32.8. The number of sulfonamides is 1. The summed E-state index contributed by atoms with van der Waals surface area (Å²) in [7, 11) is 0.158. The van der Waals surface area contributed by atoms with Crippen LogP contribution < -0.4 is 10.0 Å². The van der Waals surface area contributed by atoms with E-state index in [0.717, 1.165) is 11.3 Å². The molecule has 2 rings (SSSR count). The van der Waals surface area contributed by atoms with Crippen LogP contribution in [0.2, 0.25) is 0 Å². The lowest BCUT2D eigenvalue weighted by Crippen LogP contribution is -2.36. The zero-order valence-corrected chi connectivity index (χ0v) is 17.0. The third-order valence-electron chi connectivity index (χ3n) is 4.26. The van der Waals surface area contributed by atoms with Gasteiger partial charge in [0.05, 0.1) is 17.2 Å². The molecule has 1 unspecified atom stereocenters. The second-order valence-corrected chi connectivity index (χ2v) is 8.45. The average molecular weight is 394 g/mol. The number of carbonyl (C=O) groups is 1. The Morgan fingerprint density at radius 3 is 2.59 bits per heavy atom. The van der Waals surface area contributed by atoms with Gasteiger partial charge in [0.15, 0.2) is 0 Å². The molecule has 0 aliphatic heterocycles. The Bertz CT molecular complexity index is 861. The number of nitrogens with one attached hydrogen (secondary N) is 2. The lowest BCUT2D eigenvalue weighted by molar-refractivity contribution is -0.121. The maximum atomic E-state index is 12.4. The minimum atomic E-state index is -3.64. The Morgan fingerprint density at radius 2 is 1.96 bits per heavy atom. The van der Waals surface area contributed by atoms with Gasteiger partial charge >= 0.3 is 0 Å². The number of likely N-dealkylation sites (N-methyl/N-ethyl adjacent to an activating group) is 1. The van der Waals surface area contributed by atoms with Crippen LogP contribution in [-0.4, -0.2) is 46.4 Å². The van der Waals surface area contributed by atoms with Crippen LogP contribution in [0, 0.1) is 13.8 Å². The number of rotatable bonds is 9. The molecule has 0 aliphatic carbocycles. The summed E-state index contributed by atoms with van der Waals surface area (Å²) in [5.74, 6) is 0.535. The Morgan fingerprint density at radius 1 is 1.22 bits per heavy atom. The van der Waals surface area contributed by atoms with Crippen molar-refractivity contribution in [1.82, 2.24) is 14.9 Å². The second-order valence-electron chi connectivity index (χ2n) is 6.72. The van der Waals surface area contributed by atoms with Gasteiger partial charge in [-0.25, -0.2) is 13.1 Å². The van der Waals surface area contributed by atoms with Crippen LogP contribution in [0.5, 0.6) is 0 Å². The molecular formula is C19H27N3O4S. The Kier molecular flexibility index (Phi) is 7.18. The van der Waals surface area contributed by atoms with E-state index in [-0.39, 0.29) is 29.8 Å². The lowest BCUT2D eigenvalue weighted by Gasteiger charge is -2.22. The van der Waals surface area contributed by atoms with Crippen LogP contribution in [0.15, 0.2) is 45.9 Å². The quantitative estimate of drug-likeness (QED) is 0.680. The van der Waals surface area contributed by atoms with E-state index in [1.54, 1.807) is 31.4 Å². The molecule has 0 bridgehead atoms. The van der Waals surface area contributed by atoms with Crippen molar-refractivity contribution in [1.29, 1.82) is 0 Å². The van der Waals surface area contributed by atoms with E-state index in [9.17, 15) is 13.2 Å². The predicted octanol–water partition coefficient (Wildman–Crippen LogP) is 1.98. The minimum Gasteiger partial charge on any atom is -0.468 e. The standard InChI is InChI=1S/C19H27N3O4S/c1-14-7-8-15(2)18(12-14)27(24,25)21-10-9-19(23)20-13-16(22(3)4)17-6-5-11-26-17/h5-8,11-12,16,21H,9-10,13H2,1-4H3,(H,20,23). The minimum absolute atomic E-state index is 0.0366. The van der Waals surface area contributed by atoms with Gasteiger partial charge in [-0.15, -0.1) is 0 Å². The molecule has 1 amide bonds. The van der Waals surface area contributed by atoms with Crippen LogP contribution in [0.3, 0.4) is 0 Å². The monoisotopic (exact) mass is 393 g/mol. The first-order chi connectivity index (χ1) is 12.7. The van der Waals surface area contributed by atoms with Crippen molar-refractivity contribution in [2.75, 3.05) is 27.2 Å². The van der Waals surface area contributed by atoms with Gasteiger partial charge in [0, 0.05) is 19.5 Å². The van der Waals surface area contributed by atoms with Gasteiger partial charge in [-0.1, -0.05) is 12.1 Å². The van der Waals surface area contributed by atoms with E-state index in [1.807, 2.05) is 38.1 Å². The number of furan rings is 1. The summed E-state index contributed by atoms with van der Waals surface area (Å²) in [6.07, 6.45) is 1.65. The fourth-order valence-electron chi connectivity index (χ4n) is 2.69. The fraction of sp³-hybridized carbons (Fsp3) is 0.421. The molecule has 0 aliphatic rings. The van der Waals surface area contributed by atoms with E-state index < -0.39 is 10.0 Å². The fourth-order valence-corrected chi connectivity index (χ4v) is 4.05. The third kappa shape index (κ3) is 5.92. The zero-order chi connectivity index (χ0) is 20.0.